The number of nitrogens with zero attached hydrogens (tertiary/aromatic N) is 1. The van der Waals surface area contributed by atoms with Gasteiger partial charge in [0.25, 0.3) is 5.91 Å². The first kappa shape index (κ1) is 12.7. The average Bonchev–Trinajstić information content (AvgIpc) is 2.28. The van der Waals surface area contributed by atoms with Crippen LogP contribution in [0.25, 0.3) is 0 Å². The summed E-state index contributed by atoms with van der Waals surface area (Å²) in [5.41, 5.74) is -0.809. The standard InChI is InChI=1S/C13H17NO4/c1-13(18)5-7-14(8-6-13)12(17)11-9(15)3-2-4-10(11)16/h2-4,15-16,18H,5-8H2,1H3. The highest BCUT2D eigenvalue weighted by Crippen LogP contribution is 2.30. The minimum absolute atomic E-state index is 0.0703. The Hall–Kier alpha value is -1.75. The molecule has 0 unspecified atom stereocenters. The Labute approximate surface area is 105 Å². The Morgan fingerprint density at radius 2 is 1.72 bits per heavy atom. The van der Waals surface area contributed by atoms with Crippen molar-refractivity contribution in [2.75, 3.05) is 13.1 Å². The summed E-state index contributed by atoms with van der Waals surface area (Å²) in [6.45, 7) is 2.57. The molecule has 0 saturated carbocycles. The Balaban J connectivity index is 2.18. The highest BCUT2D eigenvalue weighted by atomic mass is 16.3. The number of carbonyl (C=O) groups excluding carboxylic acids is 1. The lowest BCUT2D eigenvalue weighted by Gasteiger charge is -2.35. The third-order valence-electron chi connectivity index (χ3n) is 3.36. The fraction of sp³-hybridized carbons (Fsp3) is 0.462. The van der Waals surface area contributed by atoms with E-state index in [1.165, 1.54) is 23.1 Å². The molecule has 0 atom stereocenters. The zero-order valence-electron chi connectivity index (χ0n) is 10.3. The number of phenolic OH excluding ortho intramolecular Hbond substituents is 2. The van der Waals surface area contributed by atoms with Gasteiger partial charge in [-0.2, -0.15) is 0 Å². The number of piperidine rings is 1. The molecule has 1 aromatic carbocycles. The van der Waals surface area contributed by atoms with Crippen LogP contribution in [0.4, 0.5) is 0 Å². The van der Waals surface area contributed by atoms with Crippen molar-refractivity contribution in [1.29, 1.82) is 0 Å². The zero-order chi connectivity index (χ0) is 13.3. The minimum atomic E-state index is -0.739. The van der Waals surface area contributed by atoms with Crippen LogP contribution in [0.1, 0.15) is 30.1 Å². The number of benzene rings is 1. The summed E-state index contributed by atoms with van der Waals surface area (Å²) >= 11 is 0. The summed E-state index contributed by atoms with van der Waals surface area (Å²) in [7, 11) is 0. The Bertz CT molecular complexity index is 440. The molecule has 0 bridgehead atoms. The number of hydrogen-bond donors (Lipinski definition) is 3. The van der Waals surface area contributed by atoms with Crippen molar-refractivity contribution in [1.82, 2.24) is 4.90 Å². The fourth-order valence-corrected chi connectivity index (χ4v) is 2.10. The first-order valence-corrected chi connectivity index (χ1v) is 5.93. The number of amides is 1. The van der Waals surface area contributed by atoms with Crippen LogP contribution in [0.5, 0.6) is 11.5 Å². The van der Waals surface area contributed by atoms with Crippen LogP contribution < -0.4 is 0 Å². The Morgan fingerprint density at radius 1 is 1.22 bits per heavy atom. The van der Waals surface area contributed by atoms with Gasteiger partial charge in [-0.05, 0) is 31.9 Å². The second kappa shape index (κ2) is 4.49. The van der Waals surface area contributed by atoms with Crippen molar-refractivity contribution in [2.45, 2.75) is 25.4 Å². The van der Waals surface area contributed by atoms with Gasteiger partial charge >= 0.3 is 0 Å². The molecule has 2 rings (SSSR count). The number of aromatic hydroxyl groups is 2. The molecule has 1 saturated heterocycles. The third-order valence-corrected chi connectivity index (χ3v) is 3.36. The lowest BCUT2D eigenvalue weighted by Crippen LogP contribution is -2.45. The molecule has 0 aliphatic carbocycles. The van der Waals surface area contributed by atoms with E-state index in [1.54, 1.807) is 6.92 Å². The minimum Gasteiger partial charge on any atom is -0.507 e. The third kappa shape index (κ3) is 2.41. The van der Waals surface area contributed by atoms with E-state index in [2.05, 4.69) is 0 Å². The van der Waals surface area contributed by atoms with E-state index in [4.69, 9.17) is 0 Å². The van der Waals surface area contributed by atoms with E-state index >= 15 is 0 Å². The summed E-state index contributed by atoms with van der Waals surface area (Å²) in [6.07, 6.45) is 0.986. The van der Waals surface area contributed by atoms with Crippen molar-refractivity contribution >= 4 is 5.91 Å². The van der Waals surface area contributed by atoms with Crippen LogP contribution in [0.15, 0.2) is 18.2 Å². The fourth-order valence-electron chi connectivity index (χ4n) is 2.10. The maximum absolute atomic E-state index is 12.2. The van der Waals surface area contributed by atoms with Gasteiger partial charge < -0.3 is 20.2 Å². The molecule has 0 radical (unpaired) electrons. The van der Waals surface area contributed by atoms with Gasteiger partial charge in [-0.1, -0.05) is 6.07 Å². The molecule has 1 fully saturated rings. The van der Waals surface area contributed by atoms with Gasteiger partial charge in [0.2, 0.25) is 0 Å². The quantitative estimate of drug-likeness (QED) is 0.697. The van der Waals surface area contributed by atoms with Crippen LogP contribution >= 0.6 is 0 Å². The molecule has 5 heteroatoms. The highest BCUT2D eigenvalue weighted by Gasteiger charge is 2.31. The second-order valence-electron chi connectivity index (χ2n) is 4.96. The average molecular weight is 251 g/mol. The topological polar surface area (TPSA) is 81.0 Å². The molecular formula is C13H17NO4. The van der Waals surface area contributed by atoms with Gasteiger partial charge in [-0.15, -0.1) is 0 Å². The predicted octanol–water partition coefficient (Wildman–Crippen LogP) is 1.08. The molecule has 18 heavy (non-hydrogen) atoms. The SMILES string of the molecule is CC1(O)CCN(C(=O)c2c(O)cccc2O)CC1. The molecule has 5 nitrogen and oxygen atoms in total. The van der Waals surface area contributed by atoms with Gasteiger partial charge in [0.05, 0.1) is 5.60 Å². The smallest absolute Gasteiger partial charge is 0.261 e. The molecule has 1 heterocycles. The van der Waals surface area contributed by atoms with Crippen molar-refractivity contribution in [3.8, 4) is 11.5 Å². The summed E-state index contributed by atoms with van der Waals surface area (Å²) in [4.78, 5) is 13.7. The van der Waals surface area contributed by atoms with E-state index in [0.717, 1.165) is 0 Å². The number of likely N-dealkylation sites (tertiary alicyclic amines) is 1. The first-order chi connectivity index (χ1) is 8.41. The largest absolute Gasteiger partial charge is 0.507 e. The van der Waals surface area contributed by atoms with Crippen molar-refractivity contribution < 1.29 is 20.1 Å². The van der Waals surface area contributed by atoms with Crippen LogP contribution in [0.3, 0.4) is 0 Å². The maximum atomic E-state index is 12.2. The van der Waals surface area contributed by atoms with Crippen molar-refractivity contribution in [3.63, 3.8) is 0 Å². The monoisotopic (exact) mass is 251 g/mol. The summed E-state index contributed by atoms with van der Waals surface area (Å²) in [6, 6.07) is 4.21. The van der Waals surface area contributed by atoms with E-state index in [0.29, 0.717) is 25.9 Å². The lowest BCUT2D eigenvalue weighted by atomic mass is 9.93. The van der Waals surface area contributed by atoms with E-state index in [9.17, 15) is 20.1 Å². The van der Waals surface area contributed by atoms with Crippen LogP contribution in [0.2, 0.25) is 0 Å². The highest BCUT2D eigenvalue weighted by molar-refractivity contribution is 5.99. The van der Waals surface area contributed by atoms with Gasteiger partial charge in [-0.25, -0.2) is 0 Å². The number of rotatable bonds is 1. The predicted molar refractivity (Wildman–Crippen MR) is 65.5 cm³/mol. The molecule has 98 valence electrons. The summed E-state index contributed by atoms with van der Waals surface area (Å²) in [5, 5.41) is 29.1. The van der Waals surface area contributed by atoms with Gasteiger partial charge in [0.15, 0.2) is 0 Å². The molecule has 1 aromatic rings. The molecule has 1 amide bonds. The van der Waals surface area contributed by atoms with Crippen LogP contribution in [-0.2, 0) is 0 Å². The van der Waals surface area contributed by atoms with Crippen molar-refractivity contribution in [3.05, 3.63) is 23.8 Å². The van der Waals surface area contributed by atoms with E-state index in [1.807, 2.05) is 0 Å². The maximum Gasteiger partial charge on any atom is 0.261 e. The zero-order valence-corrected chi connectivity index (χ0v) is 10.3. The number of aliphatic hydroxyl groups is 1. The van der Waals surface area contributed by atoms with E-state index < -0.39 is 11.5 Å². The summed E-state index contributed by atoms with van der Waals surface area (Å²) in [5.74, 6) is -0.851. The molecule has 1 aliphatic rings. The second-order valence-corrected chi connectivity index (χ2v) is 4.96. The molecule has 0 spiro atoms. The molecule has 1 aliphatic heterocycles. The molecule has 0 aromatic heterocycles. The number of carbonyl (C=O) groups is 1. The van der Waals surface area contributed by atoms with Gasteiger partial charge in [0, 0.05) is 13.1 Å². The first-order valence-electron chi connectivity index (χ1n) is 5.93. The molecule has 3 N–H and O–H groups in total. The van der Waals surface area contributed by atoms with Crippen LogP contribution in [-0.4, -0.2) is 44.8 Å². The van der Waals surface area contributed by atoms with Crippen LogP contribution in [0, 0.1) is 0 Å². The number of hydrogen-bond acceptors (Lipinski definition) is 4. The van der Waals surface area contributed by atoms with Crippen molar-refractivity contribution in [2.24, 2.45) is 0 Å². The van der Waals surface area contributed by atoms with E-state index in [-0.39, 0.29) is 17.1 Å². The Morgan fingerprint density at radius 3 is 2.22 bits per heavy atom. The lowest BCUT2D eigenvalue weighted by molar-refractivity contribution is -0.00213. The normalized spacial score (nSPS) is 18.7. The van der Waals surface area contributed by atoms with Gasteiger partial charge in [-0.3, -0.25) is 4.79 Å². The summed E-state index contributed by atoms with van der Waals surface area (Å²) < 4.78 is 0. The number of phenols is 2. The Kier molecular flexibility index (Phi) is 3.17. The van der Waals surface area contributed by atoms with Gasteiger partial charge in [0.1, 0.15) is 17.1 Å². The molecular weight excluding hydrogens is 234 g/mol.